The summed E-state index contributed by atoms with van der Waals surface area (Å²) < 4.78 is 0. The molecule has 36 heteroatoms. The number of carboxylic acids is 4. The summed E-state index contributed by atoms with van der Waals surface area (Å²) in [6.45, 7) is 17.0. The summed E-state index contributed by atoms with van der Waals surface area (Å²) in [4.78, 5) is 224. The first-order valence-electron chi connectivity index (χ1n) is 32.0. The van der Waals surface area contributed by atoms with E-state index >= 15 is 0 Å². The quantitative estimate of drug-likeness (QED) is 0.0255. The third-order valence-electron chi connectivity index (χ3n) is 15.4. The molecule has 1 aliphatic heterocycles. The Bertz CT molecular complexity index is 2760. The van der Waals surface area contributed by atoms with Crippen molar-refractivity contribution in [1.29, 1.82) is 0 Å². The number of carbonyl (C=O) groups excluding carboxylic acids is 13. The van der Waals surface area contributed by atoms with E-state index in [1.807, 2.05) is 0 Å². The van der Waals surface area contributed by atoms with Crippen LogP contribution in [0.3, 0.4) is 0 Å². The molecule has 36 nitrogen and oxygen atoms in total. The number of hydrogen-bond acceptors (Lipinski definition) is 19. The molecular weight excluding hydrogens is 1270 g/mol. The molecule has 96 heavy (non-hydrogen) atoms. The van der Waals surface area contributed by atoms with Crippen molar-refractivity contribution in [1.82, 2.24) is 69.1 Å². The van der Waals surface area contributed by atoms with Gasteiger partial charge in [-0.25, -0.2) is 0 Å². The second kappa shape index (κ2) is 42.4. The standard InChI is InChI=1S/C60H101N15O21/c1-12-30(8)47(59(94)72-40(26-44(81)82)56(91)68-35(16-13-14-22-61)52(87)73-45(28(4)5)57(92)71-39(25-43(79)80)54(89)66-33(11)60(95)96)75-58(93)46(29(6)7)74-53(88)36(18-20-41(62)76)69-55(90)38(24-27(2)3)70-51(86)37(19-21-42(77)78)67-49(84)32(10)64-48(83)31(9)65-50(85)34-17-15-23-63-34/h27-40,45-47,63H,12-26,61H2,1-11H3,(H2,62,76)(H,64,83)(H,65,85)(H,66,89)(H,67,84)(H,68,91)(H,69,90)(H,70,86)(H,71,92)(H,72,94)(H,73,87)(H,74,88)(H,75,93)(H,77,78)(H,79,80)(H,81,82)(H,95,96)/t30-,31-,32-,33-,34-,35-,36-,37-,38-,39-,40-,45-,46-,47-/m0/s1. The summed E-state index contributed by atoms with van der Waals surface area (Å²) >= 11 is 0. The van der Waals surface area contributed by atoms with Crippen LogP contribution in [0.25, 0.3) is 0 Å². The minimum Gasteiger partial charge on any atom is -0.481 e. The second-order valence-electron chi connectivity index (χ2n) is 24.9. The monoisotopic (exact) mass is 1370 g/mol. The molecule has 0 bridgehead atoms. The maximum atomic E-state index is 14.4. The fourth-order valence-electron chi connectivity index (χ4n) is 9.55. The molecule has 0 aromatic heterocycles. The summed E-state index contributed by atoms with van der Waals surface area (Å²) in [5.74, 6) is -21.5. The predicted octanol–water partition coefficient (Wildman–Crippen LogP) is -4.69. The molecule has 0 aromatic rings. The minimum absolute atomic E-state index is 0.120. The van der Waals surface area contributed by atoms with Crippen LogP contribution in [0.5, 0.6) is 0 Å². The Hall–Kier alpha value is -9.09. The highest BCUT2D eigenvalue weighted by atomic mass is 16.4. The third kappa shape index (κ3) is 31.0. The maximum Gasteiger partial charge on any atom is 0.325 e. The number of primary amides is 1. The van der Waals surface area contributed by atoms with Crippen LogP contribution in [0, 0.1) is 23.7 Å². The van der Waals surface area contributed by atoms with E-state index in [-0.39, 0.29) is 38.1 Å². The van der Waals surface area contributed by atoms with Crippen molar-refractivity contribution in [3.05, 3.63) is 0 Å². The van der Waals surface area contributed by atoms with Crippen LogP contribution >= 0.6 is 0 Å². The van der Waals surface area contributed by atoms with Crippen molar-refractivity contribution in [2.24, 2.45) is 35.1 Å². The number of aliphatic carboxylic acids is 4. The van der Waals surface area contributed by atoms with Gasteiger partial charge in [-0.2, -0.15) is 0 Å². The van der Waals surface area contributed by atoms with Gasteiger partial charge in [0.1, 0.15) is 72.5 Å². The molecule has 1 rings (SSSR count). The van der Waals surface area contributed by atoms with Crippen molar-refractivity contribution in [3.63, 3.8) is 0 Å². The van der Waals surface area contributed by atoms with Crippen molar-refractivity contribution in [2.45, 2.75) is 238 Å². The van der Waals surface area contributed by atoms with Crippen LogP contribution in [-0.4, -0.2) is 213 Å². The van der Waals surface area contributed by atoms with Gasteiger partial charge < -0.3 is 101 Å². The van der Waals surface area contributed by atoms with E-state index in [9.17, 15) is 102 Å². The number of hydrogen-bond donors (Lipinski definition) is 19. The fourth-order valence-corrected chi connectivity index (χ4v) is 9.55. The second-order valence-corrected chi connectivity index (χ2v) is 24.9. The van der Waals surface area contributed by atoms with Crippen molar-refractivity contribution >= 4 is 101 Å². The highest BCUT2D eigenvalue weighted by Gasteiger charge is 2.39. The number of nitrogens with one attached hydrogen (secondary N) is 13. The highest BCUT2D eigenvalue weighted by molar-refractivity contribution is 6.01. The van der Waals surface area contributed by atoms with E-state index in [2.05, 4.69) is 69.1 Å². The van der Waals surface area contributed by atoms with Gasteiger partial charge in [0, 0.05) is 12.8 Å². The molecule has 1 fully saturated rings. The van der Waals surface area contributed by atoms with Crippen LogP contribution < -0.4 is 80.6 Å². The number of rotatable bonds is 45. The first-order valence-corrected chi connectivity index (χ1v) is 32.0. The lowest BCUT2D eigenvalue weighted by Gasteiger charge is -2.31. The highest BCUT2D eigenvalue weighted by Crippen LogP contribution is 2.15. The number of amides is 13. The summed E-state index contributed by atoms with van der Waals surface area (Å²) in [7, 11) is 0. The van der Waals surface area contributed by atoms with Crippen LogP contribution in [0.2, 0.25) is 0 Å². The molecule has 0 aromatic carbocycles. The van der Waals surface area contributed by atoms with Gasteiger partial charge in [-0.15, -0.1) is 0 Å². The van der Waals surface area contributed by atoms with E-state index in [1.54, 1.807) is 20.8 Å². The predicted molar refractivity (Wildman–Crippen MR) is 340 cm³/mol. The summed E-state index contributed by atoms with van der Waals surface area (Å²) in [5, 5.41) is 70.1. The van der Waals surface area contributed by atoms with Crippen molar-refractivity contribution < 1.29 is 102 Å². The average molecular weight is 1370 g/mol. The smallest absolute Gasteiger partial charge is 0.325 e. The van der Waals surface area contributed by atoms with E-state index in [0.29, 0.717) is 19.4 Å². The van der Waals surface area contributed by atoms with Gasteiger partial charge in [0.25, 0.3) is 0 Å². The first-order chi connectivity index (χ1) is 44.7. The fraction of sp³-hybridized carbons (Fsp3) is 0.717. The molecule has 13 amide bonds. The minimum atomic E-state index is -1.96. The van der Waals surface area contributed by atoms with Gasteiger partial charge in [-0.05, 0) is 109 Å². The molecule has 542 valence electrons. The largest absolute Gasteiger partial charge is 0.481 e. The summed E-state index contributed by atoms with van der Waals surface area (Å²) in [6.07, 6.45) is -2.53. The first kappa shape index (κ1) is 84.9. The number of carbonyl (C=O) groups is 17. The molecule has 14 atom stereocenters. The Morgan fingerprint density at radius 3 is 1.25 bits per heavy atom. The van der Waals surface area contributed by atoms with Gasteiger partial charge in [-0.1, -0.05) is 61.8 Å². The molecule has 0 spiro atoms. The summed E-state index contributed by atoms with van der Waals surface area (Å²) in [5.41, 5.74) is 11.1. The molecule has 1 heterocycles. The Labute approximate surface area is 556 Å². The van der Waals surface area contributed by atoms with E-state index < -0.39 is 235 Å². The lowest BCUT2D eigenvalue weighted by molar-refractivity contribution is -0.144. The molecule has 21 N–H and O–H groups in total. The molecule has 1 aliphatic rings. The average Bonchev–Trinajstić information content (AvgIpc) is 1.03. The maximum absolute atomic E-state index is 14.4. The van der Waals surface area contributed by atoms with Gasteiger partial charge in [0.15, 0.2) is 0 Å². The third-order valence-corrected chi connectivity index (χ3v) is 15.4. The normalized spacial score (nSPS) is 16.8. The SMILES string of the molecule is CC[C@H](C)[C@H](NC(=O)[C@@H](NC(=O)[C@H](CCC(N)=O)NC(=O)[C@H](CC(C)C)NC(=O)[C@H](CCC(=O)O)NC(=O)[C@H](C)NC(=O)[C@H](C)NC(=O)[C@@H]1CCCN1)C(C)C)C(=O)N[C@@H](CC(=O)O)C(=O)N[C@@H](CCCCN)C(=O)N[C@H](C(=O)N[C@@H](CC(=O)O)C(=O)N[C@@H](C)C(=O)O)C(C)C. The lowest BCUT2D eigenvalue weighted by Crippen LogP contribution is -2.62. The van der Waals surface area contributed by atoms with Crippen molar-refractivity contribution in [2.75, 3.05) is 13.1 Å². The Morgan fingerprint density at radius 1 is 0.427 bits per heavy atom. The number of carboxylic acid groups (broad SMARTS) is 4. The van der Waals surface area contributed by atoms with Crippen LogP contribution in [-0.2, 0) is 81.5 Å². The zero-order valence-corrected chi connectivity index (χ0v) is 56.3. The van der Waals surface area contributed by atoms with Gasteiger partial charge >= 0.3 is 23.9 Å². The Balaban J connectivity index is 3.53. The Morgan fingerprint density at radius 2 is 0.812 bits per heavy atom. The van der Waals surface area contributed by atoms with Gasteiger partial charge in [0.2, 0.25) is 76.8 Å². The van der Waals surface area contributed by atoms with Gasteiger partial charge in [-0.3, -0.25) is 81.5 Å². The molecule has 0 saturated carbocycles. The summed E-state index contributed by atoms with van der Waals surface area (Å²) in [6, 6.07) is -19.1. The molecule has 0 unspecified atom stereocenters. The molecular formula is C60H101N15O21. The van der Waals surface area contributed by atoms with Crippen LogP contribution in [0.4, 0.5) is 0 Å². The zero-order chi connectivity index (χ0) is 73.4. The molecule has 1 saturated heterocycles. The van der Waals surface area contributed by atoms with Crippen molar-refractivity contribution in [3.8, 4) is 0 Å². The van der Waals surface area contributed by atoms with Crippen LogP contribution in [0.15, 0.2) is 0 Å². The molecule has 0 aliphatic carbocycles. The topological polar surface area (TPSA) is 580 Å². The van der Waals surface area contributed by atoms with Crippen LogP contribution in [0.1, 0.15) is 160 Å². The number of unbranched alkanes of at least 4 members (excludes halogenated alkanes) is 1. The van der Waals surface area contributed by atoms with E-state index in [1.165, 1.54) is 48.5 Å². The van der Waals surface area contributed by atoms with E-state index in [0.717, 1.165) is 13.3 Å². The molecule has 0 radical (unpaired) electrons. The zero-order valence-electron chi connectivity index (χ0n) is 56.3. The van der Waals surface area contributed by atoms with E-state index in [4.69, 9.17) is 11.5 Å². The van der Waals surface area contributed by atoms with Gasteiger partial charge in [0.05, 0.1) is 18.9 Å². The Kier molecular flexibility index (Phi) is 37.5. The lowest BCUT2D eigenvalue weighted by atomic mass is 9.95. The number of nitrogens with two attached hydrogens (primary N) is 2.